The Bertz CT molecular complexity index is 358. The molecule has 0 aromatic heterocycles. The Morgan fingerprint density at radius 3 is 2.80 bits per heavy atom. The van der Waals surface area contributed by atoms with E-state index in [4.69, 9.17) is 4.74 Å². The average Bonchev–Trinajstić information content (AvgIpc) is 2.26. The number of aromatic hydroxyl groups is 1. The maximum absolute atomic E-state index is 11.0. The Labute approximate surface area is 89.0 Å². The zero-order valence-corrected chi connectivity index (χ0v) is 8.64. The first-order valence-corrected chi connectivity index (χ1v) is 4.80. The van der Waals surface area contributed by atoms with Gasteiger partial charge in [-0.1, -0.05) is 31.7 Å². The molecule has 0 heterocycles. The lowest BCUT2D eigenvalue weighted by atomic mass is 10.1. The molecule has 80 valence electrons. The molecule has 0 saturated heterocycles. The van der Waals surface area contributed by atoms with E-state index in [-0.39, 0.29) is 5.75 Å². The predicted molar refractivity (Wildman–Crippen MR) is 57.4 cm³/mol. The lowest BCUT2D eigenvalue weighted by Crippen LogP contribution is -2.08. The first kappa shape index (κ1) is 11.3. The molecule has 0 aliphatic rings. The van der Waals surface area contributed by atoms with Crippen LogP contribution < -0.4 is 0 Å². The molecule has 1 N–H and O–H groups in total. The predicted octanol–water partition coefficient (Wildman–Crippen LogP) is 2.57. The van der Waals surface area contributed by atoms with Crippen LogP contribution in [0.4, 0.5) is 0 Å². The average molecular weight is 206 g/mol. The van der Waals surface area contributed by atoms with Crippen molar-refractivity contribution in [2.24, 2.45) is 0 Å². The Morgan fingerprint density at radius 2 is 2.27 bits per heavy atom. The van der Waals surface area contributed by atoms with Gasteiger partial charge in [0.25, 0.3) is 0 Å². The molecular weight excluding hydrogens is 192 g/mol. The highest BCUT2D eigenvalue weighted by Crippen LogP contribution is 2.28. The van der Waals surface area contributed by atoms with Gasteiger partial charge in [0, 0.05) is 11.6 Å². The highest BCUT2D eigenvalue weighted by atomic mass is 16.5. The minimum absolute atomic E-state index is 0.140. The summed E-state index contributed by atoms with van der Waals surface area (Å²) in [7, 11) is 0. The molecule has 0 radical (unpaired) electrons. The van der Waals surface area contributed by atoms with Gasteiger partial charge in [0.15, 0.2) is 0 Å². The summed E-state index contributed by atoms with van der Waals surface area (Å²) >= 11 is 0. The van der Waals surface area contributed by atoms with E-state index in [0.29, 0.717) is 12.0 Å². The van der Waals surface area contributed by atoms with E-state index in [9.17, 15) is 9.90 Å². The summed E-state index contributed by atoms with van der Waals surface area (Å²) in [6, 6.07) is 6.82. The first-order chi connectivity index (χ1) is 7.19. The SMILES string of the molecule is C=CC(=O)OC(CC)c1ccccc1O. The molecule has 0 amide bonds. The number of para-hydroxylation sites is 1. The molecule has 1 aromatic rings. The van der Waals surface area contributed by atoms with Gasteiger partial charge in [0.2, 0.25) is 0 Å². The summed E-state index contributed by atoms with van der Waals surface area (Å²) in [5.41, 5.74) is 0.621. The molecule has 15 heavy (non-hydrogen) atoms. The van der Waals surface area contributed by atoms with E-state index in [1.807, 2.05) is 6.92 Å². The number of benzene rings is 1. The van der Waals surface area contributed by atoms with Crippen molar-refractivity contribution in [2.75, 3.05) is 0 Å². The maximum Gasteiger partial charge on any atom is 0.330 e. The van der Waals surface area contributed by atoms with Gasteiger partial charge in [-0.15, -0.1) is 0 Å². The zero-order chi connectivity index (χ0) is 11.3. The van der Waals surface area contributed by atoms with Gasteiger partial charge in [-0.25, -0.2) is 4.79 Å². The second-order valence-corrected chi connectivity index (χ2v) is 3.10. The third-order valence-corrected chi connectivity index (χ3v) is 2.08. The van der Waals surface area contributed by atoms with Crippen LogP contribution in [0, 0.1) is 0 Å². The zero-order valence-electron chi connectivity index (χ0n) is 8.64. The van der Waals surface area contributed by atoms with Crippen LogP contribution in [0.1, 0.15) is 25.0 Å². The molecule has 3 heteroatoms. The van der Waals surface area contributed by atoms with Gasteiger partial charge in [-0.05, 0) is 12.5 Å². The minimum Gasteiger partial charge on any atom is -0.508 e. The molecular formula is C12H14O3. The summed E-state index contributed by atoms with van der Waals surface area (Å²) in [5.74, 6) is -0.341. The second kappa shape index (κ2) is 5.20. The van der Waals surface area contributed by atoms with Gasteiger partial charge >= 0.3 is 5.97 Å². The lowest BCUT2D eigenvalue weighted by molar-refractivity contribution is -0.143. The topological polar surface area (TPSA) is 46.5 Å². The number of phenols is 1. The summed E-state index contributed by atoms with van der Waals surface area (Å²) in [6.45, 7) is 5.21. The van der Waals surface area contributed by atoms with Gasteiger partial charge in [-0.3, -0.25) is 0 Å². The van der Waals surface area contributed by atoms with Crippen molar-refractivity contribution in [3.63, 3.8) is 0 Å². The molecule has 0 aliphatic heterocycles. The smallest absolute Gasteiger partial charge is 0.330 e. The number of hydrogen-bond acceptors (Lipinski definition) is 3. The van der Waals surface area contributed by atoms with Crippen molar-refractivity contribution < 1.29 is 14.6 Å². The third kappa shape index (κ3) is 2.84. The van der Waals surface area contributed by atoms with E-state index in [0.717, 1.165) is 6.08 Å². The van der Waals surface area contributed by atoms with E-state index in [2.05, 4.69) is 6.58 Å². The largest absolute Gasteiger partial charge is 0.508 e. The highest BCUT2D eigenvalue weighted by molar-refractivity contribution is 5.81. The summed E-state index contributed by atoms with van der Waals surface area (Å²) in [5, 5.41) is 9.58. The van der Waals surface area contributed by atoms with Gasteiger partial charge in [0.1, 0.15) is 11.9 Å². The number of carbonyl (C=O) groups excluding carboxylic acids is 1. The molecule has 3 nitrogen and oxygen atoms in total. The van der Waals surface area contributed by atoms with Crippen LogP contribution in [0.15, 0.2) is 36.9 Å². The first-order valence-electron chi connectivity index (χ1n) is 4.80. The van der Waals surface area contributed by atoms with Crippen LogP contribution in [0.25, 0.3) is 0 Å². The number of rotatable bonds is 4. The van der Waals surface area contributed by atoms with Crippen molar-refractivity contribution in [3.05, 3.63) is 42.5 Å². The fourth-order valence-corrected chi connectivity index (χ4v) is 1.31. The van der Waals surface area contributed by atoms with Crippen molar-refractivity contribution in [2.45, 2.75) is 19.4 Å². The normalized spacial score (nSPS) is 11.8. The number of phenolic OH excluding ortho intramolecular Hbond substituents is 1. The maximum atomic E-state index is 11.0. The molecule has 1 aromatic carbocycles. The Morgan fingerprint density at radius 1 is 1.60 bits per heavy atom. The standard InChI is InChI=1S/C12H14O3/c1-3-11(15-12(14)4-2)9-7-5-6-8-10(9)13/h4-8,11,13H,2-3H2,1H3. The lowest BCUT2D eigenvalue weighted by Gasteiger charge is -2.16. The molecule has 0 spiro atoms. The molecule has 1 unspecified atom stereocenters. The molecule has 0 bridgehead atoms. The summed E-state index contributed by atoms with van der Waals surface area (Å²) < 4.78 is 5.10. The molecule has 0 aliphatic carbocycles. The quantitative estimate of drug-likeness (QED) is 0.608. The Balaban J connectivity index is 2.87. The van der Waals surface area contributed by atoms with E-state index >= 15 is 0 Å². The fraction of sp³-hybridized carbons (Fsp3) is 0.250. The van der Waals surface area contributed by atoms with Crippen LogP contribution in [-0.4, -0.2) is 11.1 Å². The molecule has 1 rings (SSSR count). The number of hydrogen-bond donors (Lipinski definition) is 1. The molecule has 0 fully saturated rings. The van der Waals surface area contributed by atoms with Crippen molar-refractivity contribution in [1.29, 1.82) is 0 Å². The molecule has 0 saturated carbocycles. The summed E-state index contributed by atoms with van der Waals surface area (Å²) in [6.07, 6.45) is 1.30. The van der Waals surface area contributed by atoms with Crippen molar-refractivity contribution in [3.8, 4) is 5.75 Å². The fourth-order valence-electron chi connectivity index (χ4n) is 1.31. The van der Waals surface area contributed by atoms with Gasteiger partial charge in [0.05, 0.1) is 0 Å². The minimum atomic E-state index is -0.481. The Hall–Kier alpha value is -1.77. The van der Waals surface area contributed by atoms with Gasteiger partial charge in [-0.2, -0.15) is 0 Å². The van der Waals surface area contributed by atoms with Crippen LogP contribution in [0.2, 0.25) is 0 Å². The van der Waals surface area contributed by atoms with Crippen LogP contribution in [0.5, 0.6) is 5.75 Å². The van der Waals surface area contributed by atoms with E-state index in [1.165, 1.54) is 0 Å². The van der Waals surface area contributed by atoms with Crippen molar-refractivity contribution in [1.82, 2.24) is 0 Å². The highest BCUT2D eigenvalue weighted by Gasteiger charge is 2.15. The monoisotopic (exact) mass is 206 g/mol. The van der Waals surface area contributed by atoms with Crippen LogP contribution in [-0.2, 0) is 9.53 Å². The number of esters is 1. The second-order valence-electron chi connectivity index (χ2n) is 3.10. The van der Waals surface area contributed by atoms with Gasteiger partial charge < -0.3 is 9.84 Å². The van der Waals surface area contributed by atoms with Crippen LogP contribution in [0.3, 0.4) is 0 Å². The van der Waals surface area contributed by atoms with Crippen LogP contribution >= 0.6 is 0 Å². The number of ether oxygens (including phenoxy) is 1. The summed E-state index contributed by atoms with van der Waals surface area (Å²) in [4.78, 5) is 11.0. The third-order valence-electron chi connectivity index (χ3n) is 2.08. The van der Waals surface area contributed by atoms with Crippen molar-refractivity contribution >= 4 is 5.97 Å². The molecule has 1 atom stereocenters. The number of carbonyl (C=O) groups is 1. The Kier molecular flexibility index (Phi) is 3.92. The van der Waals surface area contributed by atoms with E-state index < -0.39 is 12.1 Å². The van der Waals surface area contributed by atoms with E-state index in [1.54, 1.807) is 24.3 Å².